The van der Waals surface area contributed by atoms with Gasteiger partial charge in [0.25, 0.3) is 5.91 Å². The summed E-state index contributed by atoms with van der Waals surface area (Å²) in [5, 5.41) is 3.45. The lowest BCUT2D eigenvalue weighted by atomic mass is 9.99. The Balaban J connectivity index is 1.81. The largest absolute Gasteiger partial charge is 0.484 e. The normalized spacial score (nSPS) is 16.6. The number of hydrogen-bond acceptors (Lipinski definition) is 4. The van der Waals surface area contributed by atoms with Crippen LogP contribution in [0.1, 0.15) is 25.3 Å². The second-order valence-corrected chi connectivity index (χ2v) is 5.20. The first kappa shape index (κ1) is 14.4. The van der Waals surface area contributed by atoms with Crippen molar-refractivity contribution in [3.63, 3.8) is 0 Å². The van der Waals surface area contributed by atoms with Crippen molar-refractivity contribution >= 4 is 12.1 Å². The van der Waals surface area contributed by atoms with Gasteiger partial charge in [0.2, 0.25) is 0 Å². The molecule has 0 saturated carbocycles. The first-order valence-corrected chi connectivity index (χ1v) is 6.93. The molecule has 5 nitrogen and oxygen atoms in total. The van der Waals surface area contributed by atoms with Gasteiger partial charge in [-0.25, -0.2) is 0 Å². The van der Waals surface area contributed by atoms with Crippen LogP contribution in [-0.4, -0.2) is 36.7 Å². The molecule has 5 heteroatoms. The molecule has 1 aliphatic heterocycles. The van der Waals surface area contributed by atoms with E-state index >= 15 is 0 Å². The highest BCUT2D eigenvalue weighted by Crippen LogP contribution is 2.16. The highest BCUT2D eigenvalue weighted by molar-refractivity contribution is 5.79. The SMILES string of the molecule is CC1CCN(C(=O)COc2ccc(C=NN)cc2)CC1. The van der Waals surface area contributed by atoms with Gasteiger partial charge in [-0.15, -0.1) is 0 Å². The molecule has 0 unspecified atom stereocenters. The maximum absolute atomic E-state index is 12.0. The Kier molecular flexibility index (Phi) is 4.98. The monoisotopic (exact) mass is 275 g/mol. The molecule has 20 heavy (non-hydrogen) atoms. The van der Waals surface area contributed by atoms with Crippen molar-refractivity contribution in [1.82, 2.24) is 4.90 Å². The summed E-state index contributed by atoms with van der Waals surface area (Å²) in [5.41, 5.74) is 0.899. The van der Waals surface area contributed by atoms with Crippen molar-refractivity contribution in [2.45, 2.75) is 19.8 Å². The van der Waals surface area contributed by atoms with Crippen LogP contribution < -0.4 is 10.6 Å². The van der Waals surface area contributed by atoms with E-state index in [-0.39, 0.29) is 12.5 Å². The fraction of sp³-hybridized carbons (Fsp3) is 0.467. The highest BCUT2D eigenvalue weighted by Gasteiger charge is 2.20. The maximum atomic E-state index is 12.0. The Hall–Kier alpha value is -2.04. The number of nitrogens with two attached hydrogens (primary N) is 1. The van der Waals surface area contributed by atoms with Crippen LogP contribution in [0, 0.1) is 5.92 Å². The zero-order valence-electron chi connectivity index (χ0n) is 11.8. The number of ether oxygens (including phenoxy) is 1. The number of carbonyl (C=O) groups excluding carboxylic acids is 1. The van der Waals surface area contributed by atoms with E-state index in [4.69, 9.17) is 10.6 Å². The number of hydrazone groups is 1. The van der Waals surface area contributed by atoms with E-state index in [0.717, 1.165) is 37.4 Å². The molecule has 1 fully saturated rings. The van der Waals surface area contributed by atoms with Crippen molar-refractivity contribution in [2.75, 3.05) is 19.7 Å². The lowest BCUT2D eigenvalue weighted by molar-refractivity contribution is -0.134. The molecule has 2 N–H and O–H groups in total. The van der Waals surface area contributed by atoms with Crippen LogP contribution in [0.15, 0.2) is 29.4 Å². The van der Waals surface area contributed by atoms with Gasteiger partial charge in [0.15, 0.2) is 6.61 Å². The third kappa shape index (κ3) is 3.98. The summed E-state index contributed by atoms with van der Waals surface area (Å²) in [6.45, 7) is 4.01. The summed E-state index contributed by atoms with van der Waals surface area (Å²) in [7, 11) is 0. The molecule has 108 valence electrons. The van der Waals surface area contributed by atoms with Gasteiger partial charge in [-0.05, 0) is 48.6 Å². The van der Waals surface area contributed by atoms with Crippen molar-refractivity contribution in [3.8, 4) is 5.75 Å². The second kappa shape index (κ2) is 6.93. The van der Waals surface area contributed by atoms with Gasteiger partial charge < -0.3 is 15.5 Å². The van der Waals surface area contributed by atoms with Gasteiger partial charge in [-0.1, -0.05) is 6.92 Å². The minimum Gasteiger partial charge on any atom is -0.484 e. The first-order chi connectivity index (χ1) is 9.69. The summed E-state index contributed by atoms with van der Waals surface area (Å²) in [4.78, 5) is 13.9. The van der Waals surface area contributed by atoms with Crippen molar-refractivity contribution in [2.24, 2.45) is 16.9 Å². The number of hydrogen-bond donors (Lipinski definition) is 1. The molecule has 0 bridgehead atoms. The molecule has 1 aromatic rings. The zero-order valence-corrected chi connectivity index (χ0v) is 11.8. The van der Waals surface area contributed by atoms with Crippen LogP contribution in [0.2, 0.25) is 0 Å². The molecular weight excluding hydrogens is 254 g/mol. The molecule has 0 atom stereocenters. The standard InChI is InChI=1S/C15H21N3O2/c1-12-6-8-18(9-7-12)15(19)11-20-14-4-2-13(3-5-14)10-17-16/h2-5,10,12H,6-9,11,16H2,1H3. The van der Waals surface area contributed by atoms with Crippen molar-refractivity contribution in [1.29, 1.82) is 0 Å². The van der Waals surface area contributed by atoms with Crippen LogP contribution >= 0.6 is 0 Å². The molecule has 0 aromatic heterocycles. The zero-order chi connectivity index (χ0) is 14.4. The summed E-state index contributed by atoms with van der Waals surface area (Å²) in [6, 6.07) is 7.31. The number of amides is 1. The fourth-order valence-corrected chi connectivity index (χ4v) is 2.23. The van der Waals surface area contributed by atoms with Crippen LogP contribution in [0.25, 0.3) is 0 Å². The maximum Gasteiger partial charge on any atom is 0.260 e. The summed E-state index contributed by atoms with van der Waals surface area (Å²) in [5.74, 6) is 6.53. The minimum atomic E-state index is 0.0597. The van der Waals surface area contributed by atoms with Crippen LogP contribution in [0.5, 0.6) is 5.75 Å². The average Bonchev–Trinajstić information content (AvgIpc) is 2.47. The van der Waals surface area contributed by atoms with Gasteiger partial charge in [0, 0.05) is 13.1 Å². The molecule has 0 radical (unpaired) electrons. The Morgan fingerprint density at radius 3 is 2.65 bits per heavy atom. The highest BCUT2D eigenvalue weighted by atomic mass is 16.5. The van der Waals surface area contributed by atoms with E-state index < -0.39 is 0 Å². The number of carbonyl (C=O) groups is 1. The average molecular weight is 275 g/mol. The lowest BCUT2D eigenvalue weighted by Crippen LogP contribution is -2.40. The first-order valence-electron chi connectivity index (χ1n) is 6.93. The minimum absolute atomic E-state index is 0.0597. The van der Waals surface area contributed by atoms with E-state index in [0.29, 0.717) is 5.75 Å². The Morgan fingerprint density at radius 2 is 2.05 bits per heavy atom. The number of piperidine rings is 1. The summed E-state index contributed by atoms with van der Waals surface area (Å²) < 4.78 is 5.51. The lowest BCUT2D eigenvalue weighted by Gasteiger charge is -2.30. The van der Waals surface area contributed by atoms with E-state index in [1.807, 2.05) is 29.2 Å². The van der Waals surface area contributed by atoms with Gasteiger partial charge in [0.05, 0.1) is 6.21 Å². The third-order valence-electron chi connectivity index (χ3n) is 3.60. The molecule has 2 rings (SSSR count). The van der Waals surface area contributed by atoms with E-state index in [2.05, 4.69) is 12.0 Å². The number of nitrogens with zero attached hydrogens (tertiary/aromatic N) is 2. The van der Waals surface area contributed by atoms with Gasteiger partial charge >= 0.3 is 0 Å². The topological polar surface area (TPSA) is 67.9 Å². The molecular formula is C15H21N3O2. The van der Waals surface area contributed by atoms with Crippen LogP contribution in [0.3, 0.4) is 0 Å². The van der Waals surface area contributed by atoms with E-state index in [1.54, 1.807) is 6.21 Å². The van der Waals surface area contributed by atoms with E-state index in [1.165, 1.54) is 0 Å². The molecule has 0 spiro atoms. The predicted molar refractivity (Wildman–Crippen MR) is 78.7 cm³/mol. The van der Waals surface area contributed by atoms with Gasteiger partial charge in [-0.2, -0.15) is 5.10 Å². The van der Waals surface area contributed by atoms with Gasteiger partial charge in [0.1, 0.15) is 5.75 Å². The van der Waals surface area contributed by atoms with Gasteiger partial charge in [-0.3, -0.25) is 4.79 Å². The number of benzene rings is 1. The van der Waals surface area contributed by atoms with Crippen molar-refractivity contribution < 1.29 is 9.53 Å². The Bertz CT molecular complexity index is 463. The third-order valence-corrected chi connectivity index (χ3v) is 3.60. The molecule has 1 amide bonds. The van der Waals surface area contributed by atoms with E-state index in [9.17, 15) is 4.79 Å². The van der Waals surface area contributed by atoms with Crippen LogP contribution in [-0.2, 0) is 4.79 Å². The number of likely N-dealkylation sites (tertiary alicyclic amines) is 1. The second-order valence-electron chi connectivity index (χ2n) is 5.20. The van der Waals surface area contributed by atoms with Crippen LogP contribution in [0.4, 0.5) is 0 Å². The smallest absolute Gasteiger partial charge is 0.260 e. The fourth-order valence-electron chi connectivity index (χ4n) is 2.23. The molecule has 1 heterocycles. The quantitative estimate of drug-likeness (QED) is 0.516. The summed E-state index contributed by atoms with van der Waals surface area (Å²) >= 11 is 0. The Morgan fingerprint density at radius 1 is 1.40 bits per heavy atom. The molecule has 0 aliphatic carbocycles. The van der Waals surface area contributed by atoms with Crippen molar-refractivity contribution in [3.05, 3.63) is 29.8 Å². The molecule has 1 saturated heterocycles. The summed E-state index contributed by atoms with van der Waals surface area (Å²) in [6.07, 6.45) is 3.72. The Labute approximate surface area is 119 Å². The number of rotatable bonds is 4. The molecule has 1 aromatic carbocycles. The molecule has 1 aliphatic rings. The predicted octanol–water partition coefficient (Wildman–Crippen LogP) is 1.62.